The van der Waals surface area contributed by atoms with E-state index < -0.39 is 17.6 Å². The molecule has 7 heteroatoms. The number of fused-ring (bicyclic) bond motifs is 1. The van der Waals surface area contributed by atoms with Crippen LogP contribution in [0, 0.1) is 0 Å². The van der Waals surface area contributed by atoms with E-state index in [9.17, 15) is 15.0 Å². The van der Waals surface area contributed by atoms with Crippen molar-refractivity contribution in [3.8, 4) is 0 Å². The van der Waals surface area contributed by atoms with Crippen LogP contribution in [-0.2, 0) is 13.5 Å². The molecule has 0 radical (unpaired) electrons. The Balaban J connectivity index is 1.98. The summed E-state index contributed by atoms with van der Waals surface area (Å²) < 4.78 is 1.60. The second kappa shape index (κ2) is 4.56. The van der Waals surface area contributed by atoms with Gasteiger partial charge in [-0.05, 0) is 19.1 Å². The summed E-state index contributed by atoms with van der Waals surface area (Å²) in [5, 5.41) is 27.1. The summed E-state index contributed by atoms with van der Waals surface area (Å²) in [6.45, 7) is 1.85. The third-order valence-electron chi connectivity index (χ3n) is 3.95. The lowest BCUT2D eigenvalue weighted by atomic mass is 9.90. The lowest BCUT2D eigenvalue weighted by molar-refractivity contribution is 0.0697. The van der Waals surface area contributed by atoms with Gasteiger partial charge in [-0.1, -0.05) is 0 Å². The first-order valence-electron chi connectivity index (χ1n) is 6.58. The number of carboxylic acid groups (broad SMARTS) is 1. The summed E-state index contributed by atoms with van der Waals surface area (Å²) in [5.41, 5.74) is 1.23. The second-order valence-corrected chi connectivity index (χ2v) is 5.49. The van der Waals surface area contributed by atoms with Crippen molar-refractivity contribution >= 4 is 11.7 Å². The van der Waals surface area contributed by atoms with E-state index in [4.69, 9.17) is 0 Å². The van der Waals surface area contributed by atoms with Crippen molar-refractivity contribution in [2.24, 2.45) is 7.05 Å². The summed E-state index contributed by atoms with van der Waals surface area (Å²) in [5.74, 6) is -1.01. The predicted molar refractivity (Wildman–Crippen MR) is 75.1 cm³/mol. The maximum absolute atomic E-state index is 11.3. The van der Waals surface area contributed by atoms with Crippen molar-refractivity contribution in [3.05, 3.63) is 41.5 Å². The number of aromatic carboxylic acids is 1. The second-order valence-electron chi connectivity index (χ2n) is 5.49. The minimum atomic E-state index is -1.01. The summed E-state index contributed by atoms with van der Waals surface area (Å²) in [7, 11) is 1.75. The highest BCUT2D eigenvalue weighted by Gasteiger charge is 2.42. The van der Waals surface area contributed by atoms with Gasteiger partial charge in [0.25, 0.3) is 0 Å². The van der Waals surface area contributed by atoms with Gasteiger partial charge >= 0.3 is 5.97 Å². The Morgan fingerprint density at radius 1 is 1.48 bits per heavy atom. The number of carboxylic acids is 1. The van der Waals surface area contributed by atoms with E-state index in [1.54, 1.807) is 24.0 Å². The number of nitrogens with one attached hydrogen (secondary N) is 1. The molecule has 2 unspecified atom stereocenters. The number of carbonyl (C=O) groups is 1. The van der Waals surface area contributed by atoms with Crippen LogP contribution in [0.3, 0.4) is 0 Å². The molecule has 2 atom stereocenters. The van der Waals surface area contributed by atoms with Crippen LogP contribution in [0.5, 0.6) is 0 Å². The molecular formula is C14H16N4O3. The third kappa shape index (κ3) is 2.06. The van der Waals surface area contributed by atoms with Gasteiger partial charge in [0.15, 0.2) is 0 Å². The molecule has 0 saturated heterocycles. The van der Waals surface area contributed by atoms with Gasteiger partial charge in [-0.25, -0.2) is 4.79 Å². The van der Waals surface area contributed by atoms with Crippen molar-refractivity contribution in [2.45, 2.75) is 25.0 Å². The maximum atomic E-state index is 11.3. The van der Waals surface area contributed by atoms with Gasteiger partial charge in [-0.3, -0.25) is 9.67 Å². The number of aliphatic hydroxyl groups is 1. The number of aromatic nitrogens is 3. The van der Waals surface area contributed by atoms with E-state index in [1.807, 2.05) is 6.92 Å². The highest BCUT2D eigenvalue weighted by atomic mass is 16.4. The Kier molecular flexibility index (Phi) is 2.94. The number of rotatable bonds is 3. The molecule has 21 heavy (non-hydrogen) atoms. The quantitative estimate of drug-likeness (QED) is 0.778. The van der Waals surface area contributed by atoms with E-state index >= 15 is 0 Å². The van der Waals surface area contributed by atoms with Gasteiger partial charge in [0, 0.05) is 25.9 Å². The van der Waals surface area contributed by atoms with E-state index in [2.05, 4.69) is 15.4 Å². The summed E-state index contributed by atoms with van der Waals surface area (Å²) in [4.78, 5) is 15.5. The molecule has 0 amide bonds. The average Bonchev–Trinajstić information content (AvgIpc) is 3.00. The van der Waals surface area contributed by atoms with Crippen LogP contribution in [-0.4, -0.2) is 36.5 Å². The van der Waals surface area contributed by atoms with Crippen molar-refractivity contribution in [1.82, 2.24) is 14.8 Å². The zero-order chi connectivity index (χ0) is 15.2. The minimum absolute atomic E-state index is 0.168. The molecule has 7 nitrogen and oxygen atoms in total. The number of nitrogens with zero attached hydrogens (tertiary/aromatic N) is 3. The lowest BCUT2D eigenvalue weighted by Crippen LogP contribution is -2.40. The largest absolute Gasteiger partial charge is 0.478 e. The molecule has 1 aliphatic rings. The minimum Gasteiger partial charge on any atom is -0.478 e. The maximum Gasteiger partial charge on any atom is 0.337 e. The number of hydrogen-bond donors (Lipinski definition) is 3. The van der Waals surface area contributed by atoms with E-state index in [-0.39, 0.29) is 5.56 Å². The van der Waals surface area contributed by atoms with Gasteiger partial charge in [0.05, 0.1) is 28.2 Å². The van der Waals surface area contributed by atoms with Gasteiger partial charge in [-0.2, -0.15) is 5.10 Å². The number of hydrogen-bond acceptors (Lipinski definition) is 5. The molecule has 110 valence electrons. The standard InChI is InChI=1S/C14H16N4O3/c1-14(12(19)10-4-6-16-18(10)2)7-9-11(17-14)8(13(20)21)3-5-15-9/h3-6,12,17,19H,7H2,1-2H3,(H,20,21). The van der Waals surface area contributed by atoms with Crippen LogP contribution < -0.4 is 5.32 Å². The monoisotopic (exact) mass is 288 g/mol. The molecule has 3 heterocycles. The number of aliphatic hydroxyl groups excluding tert-OH is 1. The lowest BCUT2D eigenvalue weighted by Gasteiger charge is -2.31. The molecular weight excluding hydrogens is 272 g/mol. The smallest absolute Gasteiger partial charge is 0.337 e. The highest BCUT2D eigenvalue weighted by Crippen LogP contribution is 2.40. The summed E-state index contributed by atoms with van der Waals surface area (Å²) in [6, 6.07) is 3.20. The van der Waals surface area contributed by atoms with Crippen molar-refractivity contribution in [2.75, 3.05) is 5.32 Å². The van der Waals surface area contributed by atoms with E-state index in [0.29, 0.717) is 23.5 Å². The van der Waals surface area contributed by atoms with Crippen LogP contribution >= 0.6 is 0 Å². The molecule has 0 spiro atoms. The molecule has 2 aromatic rings. The van der Waals surface area contributed by atoms with Crippen LogP contribution in [0.4, 0.5) is 5.69 Å². The molecule has 0 aromatic carbocycles. The topological polar surface area (TPSA) is 100 Å². The summed E-state index contributed by atoms with van der Waals surface area (Å²) >= 11 is 0. The SMILES string of the molecule is Cn1nccc1C(O)C1(C)Cc2nccc(C(=O)O)c2N1. The van der Waals surface area contributed by atoms with Crippen LogP contribution in [0.15, 0.2) is 24.5 Å². The van der Waals surface area contributed by atoms with Crippen LogP contribution in [0.2, 0.25) is 0 Å². The third-order valence-corrected chi connectivity index (χ3v) is 3.95. The molecule has 3 N–H and O–H groups in total. The molecule has 0 bridgehead atoms. The fourth-order valence-electron chi connectivity index (χ4n) is 2.78. The molecule has 0 saturated carbocycles. The van der Waals surface area contributed by atoms with Gasteiger partial charge in [-0.15, -0.1) is 0 Å². The normalized spacial score (nSPS) is 21.7. The first-order chi connectivity index (χ1) is 9.92. The molecule has 1 aliphatic heterocycles. The number of aryl methyl sites for hydroxylation is 1. The zero-order valence-corrected chi connectivity index (χ0v) is 11.7. The van der Waals surface area contributed by atoms with Crippen molar-refractivity contribution in [1.29, 1.82) is 0 Å². The first kappa shape index (κ1) is 13.6. The van der Waals surface area contributed by atoms with Crippen LogP contribution in [0.1, 0.15) is 34.8 Å². The van der Waals surface area contributed by atoms with Crippen LogP contribution in [0.25, 0.3) is 0 Å². The summed E-state index contributed by atoms with van der Waals surface area (Å²) in [6.07, 6.45) is 2.70. The Morgan fingerprint density at radius 3 is 2.86 bits per heavy atom. The van der Waals surface area contributed by atoms with Crippen molar-refractivity contribution < 1.29 is 15.0 Å². The van der Waals surface area contributed by atoms with Gasteiger partial charge < -0.3 is 15.5 Å². The Hall–Kier alpha value is -2.41. The fraction of sp³-hybridized carbons (Fsp3) is 0.357. The van der Waals surface area contributed by atoms with Gasteiger partial charge in [0.1, 0.15) is 6.10 Å². The van der Waals surface area contributed by atoms with Crippen molar-refractivity contribution in [3.63, 3.8) is 0 Å². The molecule has 0 aliphatic carbocycles. The Morgan fingerprint density at radius 2 is 2.24 bits per heavy atom. The number of pyridine rings is 1. The Labute approximate surface area is 121 Å². The van der Waals surface area contributed by atoms with E-state index in [0.717, 1.165) is 0 Å². The van der Waals surface area contributed by atoms with E-state index in [1.165, 1.54) is 12.3 Å². The average molecular weight is 288 g/mol. The fourth-order valence-corrected chi connectivity index (χ4v) is 2.78. The first-order valence-corrected chi connectivity index (χ1v) is 6.58. The molecule has 2 aromatic heterocycles. The predicted octanol–water partition coefficient (Wildman–Crippen LogP) is 0.974. The number of anilines is 1. The molecule has 3 rings (SSSR count). The zero-order valence-electron chi connectivity index (χ0n) is 11.7. The molecule has 0 fully saturated rings. The van der Waals surface area contributed by atoms with Gasteiger partial charge in [0.2, 0.25) is 0 Å². The highest BCUT2D eigenvalue weighted by molar-refractivity contribution is 5.95. The Bertz CT molecular complexity index is 712.